The van der Waals surface area contributed by atoms with Crippen LogP contribution in [0.15, 0.2) is 0 Å². The van der Waals surface area contributed by atoms with E-state index in [9.17, 15) is 8.42 Å². The number of hydrogen-bond acceptors (Lipinski definition) is 4. The smallest absolute Gasteiger partial charge is 0.151 e. The first-order valence-corrected chi connectivity index (χ1v) is 8.11. The summed E-state index contributed by atoms with van der Waals surface area (Å²) in [6, 6.07) is 0.312. The third-order valence-corrected chi connectivity index (χ3v) is 5.19. The van der Waals surface area contributed by atoms with Crippen LogP contribution in [0, 0.1) is 5.92 Å². The highest BCUT2D eigenvalue weighted by atomic mass is 32.2. The first-order chi connectivity index (χ1) is 7.03. The lowest BCUT2D eigenvalue weighted by Crippen LogP contribution is -2.45. The maximum Gasteiger partial charge on any atom is 0.151 e. The second kappa shape index (κ2) is 4.50. The molecule has 0 amide bonds. The Morgan fingerprint density at radius 3 is 2.12 bits per heavy atom. The molecule has 2 atom stereocenters. The van der Waals surface area contributed by atoms with Gasteiger partial charge in [-0.15, -0.1) is 0 Å². The Labute approximate surface area is 105 Å². The Kier molecular flexibility index (Phi) is 4.03. The van der Waals surface area contributed by atoms with Crippen LogP contribution in [0.25, 0.3) is 0 Å². The van der Waals surface area contributed by atoms with E-state index >= 15 is 0 Å². The first-order valence-electron chi connectivity index (χ1n) is 5.71. The maximum atomic E-state index is 11.6. The molecule has 0 saturated carbocycles. The lowest BCUT2D eigenvalue weighted by molar-refractivity contribution is 0.146. The molecule has 1 rings (SSSR count). The molecule has 0 aromatic heterocycles. The molecule has 1 aliphatic heterocycles. The van der Waals surface area contributed by atoms with Gasteiger partial charge in [0.15, 0.2) is 9.84 Å². The van der Waals surface area contributed by atoms with Crippen molar-refractivity contribution in [2.24, 2.45) is 5.92 Å². The van der Waals surface area contributed by atoms with Gasteiger partial charge in [-0.1, -0.05) is 13.8 Å². The summed E-state index contributed by atoms with van der Waals surface area (Å²) in [5.41, 5.74) is 0. The minimum Gasteiger partial charge on any atom is -0.285 e. The van der Waals surface area contributed by atoms with Crippen molar-refractivity contribution >= 4 is 22.5 Å². The maximum absolute atomic E-state index is 11.6. The molecule has 0 aromatic carbocycles. The molecule has 0 N–H and O–H groups in total. The summed E-state index contributed by atoms with van der Waals surface area (Å²) in [7, 11) is -2.94. The molecule has 0 bridgehead atoms. The third kappa shape index (κ3) is 3.14. The molecule has 1 aliphatic rings. The molecule has 0 aromatic rings. The summed E-state index contributed by atoms with van der Waals surface area (Å²) in [5, 5.41) is -0.230. The summed E-state index contributed by atoms with van der Waals surface area (Å²) in [6.45, 7) is 8.94. The number of thiol groups is 1. The summed E-state index contributed by atoms with van der Waals surface area (Å²) in [4.78, 5) is 1.96. The molecule has 3 nitrogen and oxygen atoms in total. The van der Waals surface area contributed by atoms with Gasteiger partial charge in [-0.2, -0.15) is 12.6 Å². The van der Waals surface area contributed by atoms with Gasteiger partial charge in [0.2, 0.25) is 0 Å². The zero-order chi connectivity index (χ0) is 12.7. The van der Waals surface area contributed by atoms with E-state index in [2.05, 4.69) is 31.4 Å². The SMILES string of the molecule is CC(C)C1CC(S(C)(=O)=O)CN1C(C)(C)S. The van der Waals surface area contributed by atoms with Crippen LogP contribution >= 0.6 is 12.6 Å². The van der Waals surface area contributed by atoms with Gasteiger partial charge in [0.1, 0.15) is 0 Å². The van der Waals surface area contributed by atoms with Gasteiger partial charge < -0.3 is 0 Å². The number of likely N-dealkylation sites (tertiary alicyclic amines) is 1. The van der Waals surface area contributed by atoms with Crippen LogP contribution in [-0.4, -0.2) is 42.3 Å². The predicted octanol–water partition coefficient (Wildman–Crippen LogP) is 1.80. The Bertz CT molecular complexity index is 343. The average molecular weight is 265 g/mol. The minimum atomic E-state index is -2.94. The largest absolute Gasteiger partial charge is 0.285 e. The molecule has 0 radical (unpaired) electrons. The Balaban J connectivity index is 2.94. The fourth-order valence-electron chi connectivity index (χ4n) is 2.40. The molecule has 96 valence electrons. The van der Waals surface area contributed by atoms with Gasteiger partial charge in [0, 0.05) is 18.8 Å². The van der Waals surface area contributed by atoms with Gasteiger partial charge in [-0.25, -0.2) is 8.42 Å². The van der Waals surface area contributed by atoms with Gasteiger partial charge in [-0.05, 0) is 26.2 Å². The molecule has 16 heavy (non-hydrogen) atoms. The van der Waals surface area contributed by atoms with Crippen LogP contribution in [0.4, 0.5) is 0 Å². The molecule has 2 unspecified atom stereocenters. The normalized spacial score (nSPS) is 28.9. The van der Waals surface area contributed by atoms with Crippen molar-refractivity contribution in [1.29, 1.82) is 0 Å². The molecular formula is C11H23NO2S2. The van der Waals surface area contributed by atoms with Crippen LogP contribution in [0.5, 0.6) is 0 Å². The zero-order valence-electron chi connectivity index (χ0n) is 10.8. The number of rotatable bonds is 3. The van der Waals surface area contributed by atoms with Gasteiger partial charge in [-0.3, -0.25) is 4.90 Å². The molecule has 1 fully saturated rings. The average Bonchev–Trinajstić information content (AvgIpc) is 2.44. The second-order valence-corrected chi connectivity index (χ2v) is 9.07. The lowest BCUT2D eigenvalue weighted by Gasteiger charge is -2.37. The van der Waals surface area contributed by atoms with E-state index in [0.717, 1.165) is 6.42 Å². The molecule has 0 aliphatic carbocycles. The quantitative estimate of drug-likeness (QED) is 0.791. The summed E-state index contributed by atoms with van der Waals surface area (Å²) >= 11 is 4.57. The van der Waals surface area contributed by atoms with Crippen LogP contribution in [0.2, 0.25) is 0 Å². The van der Waals surface area contributed by atoms with Crippen LogP contribution in [-0.2, 0) is 9.84 Å². The van der Waals surface area contributed by atoms with Crippen molar-refractivity contribution in [3.63, 3.8) is 0 Å². The van der Waals surface area contributed by atoms with E-state index < -0.39 is 9.84 Å². The zero-order valence-corrected chi connectivity index (χ0v) is 12.5. The topological polar surface area (TPSA) is 37.4 Å². The Morgan fingerprint density at radius 1 is 1.38 bits per heavy atom. The van der Waals surface area contributed by atoms with Crippen molar-refractivity contribution in [3.05, 3.63) is 0 Å². The predicted molar refractivity (Wildman–Crippen MR) is 71.6 cm³/mol. The fraction of sp³-hybridized carbons (Fsp3) is 1.00. The monoisotopic (exact) mass is 265 g/mol. The van der Waals surface area contributed by atoms with Crippen molar-refractivity contribution < 1.29 is 8.42 Å². The van der Waals surface area contributed by atoms with E-state index in [-0.39, 0.29) is 10.1 Å². The highest BCUT2D eigenvalue weighted by molar-refractivity contribution is 7.91. The summed E-state index contributed by atoms with van der Waals surface area (Å²) in [5.74, 6) is 0.457. The van der Waals surface area contributed by atoms with E-state index in [1.807, 2.05) is 13.8 Å². The molecular weight excluding hydrogens is 242 g/mol. The van der Waals surface area contributed by atoms with Crippen molar-refractivity contribution in [2.45, 2.75) is 50.3 Å². The van der Waals surface area contributed by atoms with Crippen LogP contribution in [0.3, 0.4) is 0 Å². The second-order valence-electron chi connectivity index (χ2n) is 5.65. The summed E-state index contributed by atoms with van der Waals surface area (Å²) in [6.07, 6.45) is 2.07. The van der Waals surface area contributed by atoms with Gasteiger partial charge in [0.25, 0.3) is 0 Å². The van der Waals surface area contributed by atoms with Crippen molar-refractivity contribution in [1.82, 2.24) is 4.90 Å². The van der Waals surface area contributed by atoms with E-state index in [4.69, 9.17) is 0 Å². The number of hydrogen-bond donors (Lipinski definition) is 1. The van der Waals surface area contributed by atoms with Crippen molar-refractivity contribution in [2.75, 3.05) is 12.8 Å². The summed E-state index contributed by atoms with van der Waals surface area (Å²) < 4.78 is 23.2. The number of nitrogens with zero attached hydrogens (tertiary/aromatic N) is 1. The Hall–Kier alpha value is 0.260. The molecule has 5 heteroatoms. The Morgan fingerprint density at radius 2 is 1.88 bits per heavy atom. The standard InChI is InChI=1S/C11H23NO2S2/c1-8(2)10-6-9(16(5,13)14)7-12(10)11(3,4)15/h8-10,15H,6-7H2,1-5H3. The van der Waals surface area contributed by atoms with Gasteiger partial charge in [0.05, 0.1) is 10.1 Å². The first kappa shape index (κ1) is 14.3. The van der Waals surface area contributed by atoms with E-state index in [1.165, 1.54) is 6.26 Å². The fourth-order valence-corrected chi connectivity index (χ4v) is 3.61. The highest BCUT2D eigenvalue weighted by Crippen LogP contribution is 2.35. The van der Waals surface area contributed by atoms with Crippen LogP contribution in [0.1, 0.15) is 34.1 Å². The van der Waals surface area contributed by atoms with Crippen LogP contribution < -0.4 is 0 Å². The highest BCUT2D eigenvalue weighted by Gasteiger charge is 2.43. The van der Waals surface area contributed by atoms with E-state index in [1.54, 1.807) is 0 Å². The molecule has 1 saturated heterocycles. The van der Waals surface area contributed by atoms with E-state index in [0.29, 0.717) is 18.5 Å². The van der Waals surface area contributed by atoms with Crippen molar-refractivity contribution in [3.8, 4) is 0 Å². The lowest BCUT2D eigenvalue weighted by atomic mass is 10.0. The molecule has 0 spiro atoms. The molecule has 1 heterocycles. The van der Waals surface area contributed by atoms with Gasteiger partial charge >= 0.3 is 0 Å². The third-order valence-electron chi connectivity index (χ3n) is 3.38. The minimum absolute atomic E-state index is 0.230. The number of sulfone groups is 1.